The molecule has 0 bridgehead atoms. The smallest absolute Gasteiger partial charge is 0.138 e. The molecule has 0 aliphatic carbocycles. The molecule has 2 rings (SSSR count). The van der Waals surface area contributed by atoms with Crippen LogP contribution in [0.2, 0.25) is 0 Å². The van der Waals surface area contributed by atoms with Gasteiger partial charge in [-0.15, -0.1) is 0 Å². The number of rotatable bonds is 6. The van der Waals surface area contributed by atoms with Gasteiger partial charge in [-0.3, -0.25) is 0 Å². The Kier molecular flexibility index (Phi) is 4.99. The molecule has 0 saturated carbocycles. The minimum absolute atomic E-state index is 0.245. The van der Waals surface area contributed by atoms with Gasteiger partial charge in [0.15, 0.2) is 0 Å². The lowest BCUT2D eigenvalue weighted by molar-refractivity contribution is 0.302. The van der Waals surface area contributed by atoms with Crippen LogP contribution in [0.25, 0.3) is 0 Å². The number of para-hydroxylation sites is 1. The highest BCUT2D eigenvalue weighted by atomic mass is 16.5. The average molecular weight is 284 g/mol. The van der Waals surface area contributed by atoms with E-state index in [1.165, 1.54) is 5.56 Å². The second kappa shape index (κ2) is 6.94. The maximum Gasteiger partial charge on any atom is 0.138 e. The second-order valence-corrected chi connectivity index (χ2v) is 5.02. The third-order valence-corrected chi connectivity index (χ3v) is 3.61. The summed E-state index contributed by atoms with van der Waals surface area (Å²) in [7, 11) is 0. The molecule has 0 amide bonds. The van der Waals surface area contributed by atoms with Crippen molar-refractivity contribution >= 4 is 0 Å². The van der Waals surface area contributed by atoms with E-state index in [0.29, 0.717) is 18.8 Å². The average Bonchev–Trinajstić information content (AvgIpc) is 2.84. The van der Waals surface area contributed by atoms with E-state index in [-0.39, 0.29) is 5.92 Å². The van der Waals surface area contributed by atoms with E-state index in [9.17, 15) is 5.26 Å². The molecule has 2 aromatic rings. The predicted octanol–water partition coefficient (Wildman–Crippen LogP) is 3.93. The predicted molar refractivity (Wildman–Crippen MR) is 80.3 cm³/mol. The van der Waals surface area contributed by atoms with Gasteiger partial charge in [-0.25, -0.2) is 0 Å². The van der Waals surface area contributed by atoms with E-state index in [0.717, 1.165) is 23.4 Å². The largest absolute Gasteiger partial charge is 0.493 e. The van der Waals surface area contributed by atoms with Crippen LogP contribution in [0.4, 0.5) is 0 Å². The minimum Gasteiger partial charge on any atom is -0.493 e. The van der Waals surface area contributed by atoms with Crippen molar-refractivity contribution in [3.05, 3.63) is 46.8 Å². The van der Waals surface area contributed by atoms with E-state index >= 15 is 0 Å². The number of hydrogen-bond acceptors (Lipinski definition) is 4. The lowest BCUT2D eigenvalue weighted by Gasteiger charge is -2.12. The van der Waals surface area contributed by atoms with Crippen LogP contribution in [0.1, 0.15) is 41.8 Å². The summed E-state index contributed by atoms with van der Waals surface area (Å²) >= 11 is 0. The molecule has 110 valence electrons. The zero-order chi connectivity index (χ0) is 15.2. The summed E-state index contributed by atoms with van der Waals surface area (Å²) in [6, 6.07) is 10.3. The van der Waals surface area contributed by atoms with Crippen LogP contribution in [0.5, 0.6) is 5.75 Å². The molecule has 0 aliphatic heterocycles. The van der Waals surface area contributed by atoms with Crippen LogP contribution in [0.3, 0.4) is 0 Å². The zero-order valence-corrected chi connectivity index (χ0v) is 12.7. The van der Waals surface area contributed by atoms with Crippen LogP contribution >= 0.6 is 0 Å². The molecule has 1 aromatic heterocycles. The standard InChI is InChI=1S/C17H20N2O2/c1-4-14-7-5-6-8-16(14)20-10-9-15(11-18)17-12(2)19-21-13(17)3/h5-8,15H,4,9-10H2,1-3H3. The van der Waals surface area contributed by atoms with Crippen molar-refractivity contribution in [2.24, 2.45) is 0 Å². The first-order chi connectivity index (χ1) is 10.2. The van der Waals surface area contributed by atoms with Gasteiger partial charge in [0, 0.05) is 12.0 Å². The molecule has 0 saturated heterocycles. The van der Waals surface area contributed by atoms with Gasteiger partial charge in [-0.05, 0) is 31.9 Å². The van der Waals surface area contributed by atoms with Crippen LogP contribution in [-0.2, 0) is 6.42 Å². The van der Waals surface area contributed by atoms with E-state index in [1.54, 1.807) is 0 Å². The van der Waals surface area contributed by atoms with Gasteiger partial charge in [-0.2, -0.15) is 5.26 Å². The fraction of sp³-hybridized carbons (Fsp3) is 0.412. The number of nitriles is 1. The molecule has 0 radical (unpaired) electrons. The van der Waals surface area contributed by atoms with Crippen molar-refractivity contribution in [1.82, 2.24) is 5.16 Å². The highest BCUT2D eigenvalue weighted by molar-refractivity contribution is 5.33. The lowest BCUT2D eigenvalue weighted by atomic mass is 9.96. The Bertz CT molecular complexity index is 621. The zero-order valence-electron chi connectivity index (χ0n) is 12.7. The summed E-state index contributed by atoms with van der Waals surface area (Å²) in [4.78, 5) is 0. The number of aromatic nitrogens is 1. The fourth-order valence-corrected chi connectivity index (χ4v) is 2.48. The quantitative estimate of drug-likeness (QED) is 0.806. The molecule has 0 spiro atoms. The number of benzene rings is 1. The molecule has 0 aliphatic rings. The number of nitrogens with zero attached hydrogens (tertiary/aromatic N) is 2. The van der Waals surface area contributed by atoms with Crippen LogP contribution in [-0.4, -0.2) is 11.8 Å². The monoisotopic (exact) mass is 284 g/mol. The minimum atomic E-state index is -0.245. The first kappa shape index (κ1) is 15.1. The Morgan fingerprint density at radius 1 is 1.33 bits per heavy atom. The summed E-state index contributed by atoms with van der Waals surface area (Å²) in [5.41, 5.74) is 2.86. The first-order valence-corrected chi connectivity index (χ1v) is 7.20. The second-order valence-electron chi connectivity index (χ2n) is 5.02. The van der Waals surface area contributed by atoms with Gasteiger partial charge in [0.1, 0.15) is 11.5 Å². The maximum absolute atomic E-state index is 9.37. The summed E-state index contributed by atoms with van der Waals surface area (Å²) in [6.07, 6.45) is 1.55. The summed E-state index contributed by atoms with van der Waals surface area (Å²) in [5.74, 6) is 1.37. The SMILES string of the molecule is CCc1ccccc1OCCC(C#N)c1c(C)noc1C. The Balaban J connectivity index is 2.00. The van der Waals surface area contributed by atoms with Crippen molar-refractivity contribution in [2.75, 3.05) is 6.61 Å². The van der Waals surface area contributed by atoms with E-state index in [1.807, 2.05) is 32.0 Å². The molecule has 4 nitrogen and oxygen atoms in total. The van der Waals surface area contributed by atoms with Crippen molar-refractivity contribution in [3.8, 4) is 11.8 Å². The Labute approximate surface area is 125 Å². The fourth-order valence-electron chi connectivity index (χ4n) is 2.48. The third kappa shape index (κ3) is 3.43. The Hall–Kier alpha value is -2.28. The highest BCUT2D eigenvalue weighted by Crippen LogP contribution is 2.26. The Morgan fingerprint density at radius 3 is 2.71 bits per heavy atom. The van der Waals surface area contributed by atoms with Gasteiger partial charge >= 0.3 is 0 Å². The van der Waals surface area contributed by atoms with Gasteiger partial charge in [-0.1, -0.05) is 30.3 Å². The molecular formula is C17H20N2O2. The Morgan fingerprint density at radius 2 is 2.10 bits per heavy atom. The maximum atomic E-state index is 9.37. The lowest BCUT2D eigenvalue weighted by Crippen LogP contribution is -2.07. The third-order valence-electron chi connectivity index (χ3n) is 3.61. The van der Waals surface area contributed by atoms with Crippen LogP contribution < -0.4 is 4.74 Å². The number of aryl methyl sites for hydroxylation is 3. The van der Waals surface area contributed by atoms with Crippen LogP contribution in [0.15, 0.2) is 28.8 Å². The van der Waals surface area contributed by atoms with Crippen molar-refractivity contribution in [3.63, 3.8) is 0 Å². The van der Waals surface area contributed by atoms with Crippen molar-refractivity contribution < 1.29 is 9.26 Å². The van der Waals surface area contributed by atoms with Gasteiger partial charge in [0.25, 0.3) is 0 Å². The molecule has 1 heterocycles. The number of ether oxygens (including phenoxy) is 1. The van der Waals surface area contributed by atoms with Crippen molar-refractivity contribution in [2.45, 2.75) is 39.5 Å². The summed E-state index contributed by atoms with van der Waals surface area (Å²) in [6.45, 7) is 6.31. The first-order valence-electron chi connectivity index (χ1n) is 7.20. The summed E-state index contributed by atoms with van der Waals surface area (Å²) < 4.78 is 11.0. The molecule has 1 atom stereocenters. The molecule has 0 fully saturated rings. The van der Waals surface area contributed by atoms with E-state index in [4.69, 9.17) is 9.26 Å². The topological polar surface area (TPSA) is 59.0 Å². The number of hydrogen-bond donors (Lipinski definition) is 0. The molecule has 1 unspecified atom stereocenters. The molecule has 1 aromatic carbocycles. The van der Waals surface area contributed by atoms with Gasteiger partial charge in [0.05, 0.1) is 24.3 Å². The van der Waals surface area contributed by atoms with Gasteiger partial charge in [0.2, 0.25) is 0 Å². The molecule has 4 heteroatoms. The van der Waals surface area contributed by atoms with E-state index in [2.05, 4.69) is 24.2 Å². The normalized spacial score (nSPS) is 11.9. The summed E-state index contributed by atoms with van der Waals surface area (Å²) in [5, 5.41) is 13.3. The molecule has 0 N–H and O–H groups in total. The van der Waals surface area contributed by atoms with Gasteiger partial charge < -0.3 is 9.26 Å². The highest BCUT2D eigenvalue weighted by Gasteiger charge is 2.20. The van der Waals surface area contributed by atoms with Crippen molar-refractivity contribution in [1.29, 1.82) is 5.26 Å². The molecule has 21 heavy (non-hydrogen) atoms. The van der Waals surface area contributed by atoms with Crippen LogP contribution in [0, 0.1) is 25.2 Å². The molecular weight excluding hydrogens is 264 g/mol. The van der Waals surface area contributed by atoms with E-state index < -0.39 is 0 Å².